The molecule has 2 aromatic heterocycles. The van der Waals surface area contributed by atoms with Gasteiger partial charge in [-0.2, -0.15) is 0 Å². The van der Waals surface area contributed by atoms with Crippen LogP contribution in [0, 0.1) is 13.8 Å². The Kier molecular flexibility index (Phi) is 7.79. The van der Waals surface area contributed by atoms with Crippen molar-refractivity contribution in [3.8, 4) is 0 Å². The molecule has 0 saturated carbocycles. The highest BCUT2D eigenvalue weighted by atomic mass is 79.9. The quantitative estimate of drug-likeness (QED) is 0.287. The van der Waals surface area contributed by atoms with E-state index in [-0.39, 0.29) is 25.6 Å². The van der Waals surface area contributed by atoms with E-state index in [9.17, 15) is 4.79 Å². The standard InChI is InChI=1S/C12H11BrO4.C11H11BrO3/c1-6-8-3-7(5-14)4-9(13)11(8)17-10(6)12(15)16-2;1-6-8-2-7(4-13)3-9(12)11(8)15-10(6)5-14/h3-4,14H,5H2,1-2H3;2-3,13-14H,4-5H2,1H3. The summed E-state index contributed by atoms with van der Waals surface area (Å²) >= 11 is 6.73. The number of aliphatic hydroxyl groups is 3. The van der Waals surface area contributed by atoms with Crippen LogP contribution in [0.3, 0.4) is 0 Å². The van der Waals surface area contributed by atoms with Crippen LogP contribution in [0.4, 0.5) is 0 Å². The van der Waals surface area contributed by atoms with Crippen LogP contribution >= 0.6 is 31.9 Å². The summed E-state index contributed by atoms with van der Waals surface area (Å²) in [4.78, 5) is 11.5. The number of halogens is 2. The van der Waals surface area contributed by atoms with Gasteiger partial charge in [-0.25, -0.2) is 4.79 Å². The fourth-order valence-corrected chi connectivity index (χ4v) is 4.51. The van der Waals surface area contributed by atoms with Crippen LogP contribution in [0.5, 0.6) is 0 Å². The molecule has 0 bridgehead atoms. The molecule has 0 saturated heterocycles. The number of furan rings is 2. The second kappa shape index (κ2) is 10.2. The zero-order valence-electron chi connectivity index (χ0n) is 17.7. The third-order valence-corrected chi connectivity index (χ3v) is 6.26. The third kappa shape index (κ3) is 4.62. The van der Waals surface area contributed by atoms with Crippen molar-refractivity contribution in [1.82, 2.24) is 0 Å². The molecule has 170 valence electrons. The zero-order valence-corrected chi connectivity index (χ0v) is 20.8. The van der Waals surface area contributed by atoms with Crippen molar-refractivity contribution >= 4 is 59.8 Å². The van der Waals surface area contributed by atoms with Crippen LogP contribution < -0.4 is 0 Å². The van der Waals surface area contributed by atoms with E-state index in [4.69, 9.17) is 24.2 Å². The minimum absolute atomic E-state index is 0.00633. The van der Waals surface area contributed by atoms with Gasteiger partial charge in [-0.05, 0) is 81.1 Å². The molecule has 4 aromatic rings. The zero-order chi connectivity index (χ0) is 23.6. The number of rotatable bonds is 4. The first-order valence-corrected chi connectivity index (χ1v) is 11.2. The normalized spacial score (nSPS) is 11.0. The van der Waals surface area contributed by atoms with Crippen LogP contribution in [0.2, 0.25) is 0 Å². The summed E-state index contributed by atoms with van der Waals surface area (Å²) in [6, 6.07) is 7.24. The van der Waals surface area contributed by atoms with Gasteiger partial charge in [0.25, 0.3) is 0 Å². The molecule has 4 rings (SSSR count). The highest BCUT2D eigenvalue weighted by molar-refractivity contribution is 9.11. The van der Waals surface area contributed by atoms with Crippen LogP contribution in [-0.2, 0) is 24.6 Å². The molecule has 32 heavy (non-hydrogen) atoms. The van der Waals surface area contributed by atoms with Gasteiger partial charge in [-0.1, -0.05) is 0 Å². The maximum atomic E-state index is 11.5. The first-order chi connectivity index (χ1) is 15.2. The summed E-state index contributed by atoms with van der Waals surface area (Å²) in [5, 5.41) is 29.0. The maximum absolute atomic E-state index is 11.5. The smallest absolute Gasteiger partial charge is 0.374 e. The molecule has 3 N–H and O–H groups in total. The Morgan fingerprint density at radius 1 is 0.844 bits per heavy atom. The summed E-state index contributed by atoms with van der Waals surface area (Å²) in [5.74, 6) is 0.259. The number of fused-ring (bicyclic) bond motifs is 2. The lowest BCUT2D eigenvalue weighted by Crippen LogP contribution is -2.00. The lowest BCUT2D eigenvalue weighted by Gasteiger charge is -1.98. The van der Waals surface area contributed by atoms with E-state index >= 15 is 0 Å². The van der Waals surface area contributed by atoms with Crippen molar-refractivity contribution in [2.75, 3.05) is 7.11 Å². The molecule has 2 heterocycles. The maximum Gasteiger partial charge on any atom is 0.374 e. The summed E-state index contributed by atoms with van der Waals surface area (Å²) in [7, 11) is 1.31. The second-order valence-corrected chi connectivity index (χ2v) is 8.79. The minimum Gasteiger partial charge on any atom is -0.463 e. The minimum atomic E-state index is -0.504. The Labute approximate surface area is 200 Å². The summed E-state index contributed by atoms with van der Waals surface area (Å²) in [5.41, 5.74) is 4.51. The van der Waals surface area contributed by atoms with E-state index in [2.05, 4.69) is 36.6 Å². The molecule has 0 fully saturated rings. The number of carbonyl (C=O) groups excluding carboxylic acids is 1. The van der Waals surface area contributed by atoms with Crippen LogP contribution in [-0.4, -0.2) is 28.4 Å². The van der Waals surface area contributed by atoms with Gasteiger partial charge in [-0.15, -0.1) is 0 Å². The van der Waals surface area contributed by atoms with Gasteiger partial charge in [0.2, 0.25) is 5.76 Å². The van der Waals surface area contributed by atoms with Crippen molar-refractivity contribution in [2.24, 2.45) is 0 Å². The molecular formula is C23H22Br2O7. The van der Waals surface area contributed by atoms with E-state index in [1.165, 1.54) is 7.11 Å². The Morgan fingerprint density at radius 2 is 1.34 bits per heavy atom. The van der Waals surface area contributed by atoms with Gasteiger partial charge in [0, 0.05) is 21.9 Å². The molecule has 9 heteroatoms. The molecule has 0 amide bonds. The highest BCUT2D eigenvalue weighted by Crippen LogP contribution is 2.33. The Morgan fingerprint density at radius 3 is 1.81 bits per heavy atom. The molecule has 2 aromatic carbocycles. The van der Waals surface area contributed by atoms with Gasteiger partial charge in [-0.3, -0.25) is 0 Å². The Hall–Kier alpha value is -2.17. The molecular weight excluding hydrogens is 548 g/mol. The predicted octanol–water partition coefficient (Wildman–Crippen LogP) is 5.27. The van der Waals surface area contributed by atoms with Crippen molar-refractivity contribution < 1.29 is 33.7 Å². The SMILES string of the molecule is COC(=O)c1oc2c(Br)cc(CO)cc2c1C.Cc1c(CO)oc2c(Br)cc(CO)cc12. The molecule has 0 spiro atoms. The largest absolute Gasteiger partial charge is 0.463 e. The number of benzene rings is 2. The molecule has 0 atom stereocenters. The number of ether oxygens (including phenoxy) is 1. The van der Waals surface area contributed by atoms with Crippen molar-refractivity contribution in [1.29, 1.82) is 0 Å². The first kappa shape index (κ1) is 24.5. The van der Waals surface area contributed by atoms with E-state index in [0.29, 0.717) is 27.0 Å². The molecule has 0 unspecified atom stereocenters. The first-order valence-electron chi connectivity index (χ1n) is 9.58. The monoisotopic (exact) mass is 568 g/mol. The van der Waals surface area contributed by atoms with E-state index in [1.54, 1.807) is 19.1 Å². The van der Waals surface area contributed by atoms with Gasteiger partial charge >= 0.3 is 5.97 Å². The van der Waals surface area contributed by atoms with Crippen molar-refractivity contribution in [3.63, 3.8) is 0 Å². The van der Waals surface area contributed by atoms with Gasteiger partial charge < -0.3 is 28.9 Å². The molecule has 7 nitrogen and oxygen atoms in total. The lowest BCUT2D eigenvalue weighted by atomic mass is 10.1. The van der Waals surface area contributed by atoms with Gasteiger partial charge in [0.1, 0.15) is 23.5 Å². The number of esters is 1. The number of aliphatic hydroxyl groups excluding tert-OH is 3. The molecule has 0 aliphatic heterocycles. The Bertz CT molecular complexity index is 1290. The molecule has 0 aliphatic rings. The summed E-state index contributed by atoms with van der Waals surface area (Å²) in [6.07, 6.45) is 0. The summed E-state index contributed by atoms with van der Waals surface area (Å²) < 4.78 is 17.1. The fraction of sp³-hybridized carbons (Fsp3) is 0.261. The number of carbonyl (C=O) groups is 1. The van der Waals surface area contributed by atoms with E-state index < -0.39 is 5.97 Å². The lowest BCUT2D eigenvalue weighted by molar-refractivity contribution is 0.0566. The molecule has 0 radical (unpaired) electrons. The summed E-state index contributed by atoms with van der Waals surface area (Å²) in [6.45, 7) is 3.50. The number of methoxy groups -OCH3 is 1. The van der Waals surface area contributed by atoms with Gasteiger partial charge in [0.15, 0.2) is 0 Å². The van der Waals surface area contributed by atoms with Crippen LogP contribution in [0.1, 0.15) is 38.6 Å². The highest BCUT2D eigenvalue weighted by Gasteiger charge is 2.20. The third-order valence-electron chi connectivity index (χ3n) is 5.08. The van der Waals surface area contributed by atoms with E-state index in [1.807, 2.05) is 19.1 Å². The average molecular weight is 570 g/mol. The molecule has 0 aliphatic carbocycles. The van der Waals surface area contributed by atoms with Crippen LogP contribution in [0.25, 0.3) is 21.9 Å². The second-order valence-electron chi connectivity index (χ2n) is 7.08. The topological polar surface area (TPSA) is 113 Å². The van der Waals surface area contributed by atoms with Crippen molar-refractivity contribution in [3.05, 3.63) is 67.0 Å². The number of hydrogen-bond acceptors (Lipinski definition) is 7. The average Bonchev–Trinajstić information content (AvgIpc) is 3.31. The number of hydrogen-bond donors (Lipinski definition) is 3. The van der Waals surface area contributed by atoms with E-state index in [0.717, 1.165) is 31.9 Å². The van der Waals surface area contributed by atoms with Crippen LogP contribution in [0.15, 0.2) is 42.0 Å². The Balaban J connectivity index is 0.000000182. The van der Waals surface area contributed by atoms with Gasteiger partial charge in [0.05, 0.1) is 29.3 Å². The number of aryl methyl sites for hydroxylation is 2. The predicted molar refractivity (Wildman–Crippen MR) is 126 cm³/mol. The van der Waals surface area contributed by atoms with Crippen molar-refractivity contribution in [2.45, 2.75) is 33.7 Å². The fourth-order valence-electron chi connectivity index (χ4n) is 3.34.